The highest BCUT2D eigenvalue weighted by Crippen LogP contribution is 2.10. The van der Waals surface area contributed by atoms with Crippen LogP contribution in [-0.2, 0) is 11.2 Å². The molecule has 2 aromatic rings. The van der Waals surface area contributed by atoms with E-state index in [1.807, 2.05) is 24.3 Å². The van der Waals surface area contributed by atoms with Gasteiger partial charge in [-0.2, -0.15) is 0 Å². The van der Waals surface area contributed by atoms with Crippen LogP contribution in [0.1, 0.15) is 5.82 Å². The number of imidazole rings is 1. The van der Waals surface area contributed by atoms with Crippen molar-refractivity contribution in [3.63, 3.8) is 0 Å². The molecule has 0 radical (unpaired) electrons. The SMILES string of the molecule is CN=C(NCCc1nc2ccccc2[nH]1)NCCN1CCOCC1. The summed E-state index contributed by atoms with van der Waals surface area (Å²) in [6.07, 6.45) is 0.832. The molecule has 0 aliphatic carbocycles. The number of morpholine rings is 1. The number of rotatable bonds is 6. The lowest BCUT2D eigenvalue weighted by Gasteiger charge is -2.26. The summed E-state index contributed by atoms with van der Waals surface area (Å²) in [5, 5.41) is 6.69. The molecule has 1 fully saturated rings. The van der Waals surface area contributed by atoms with Crippen LogP contribution in [0.5, 0.6) is 0 Å². The lowest BCUT2D eigenvalue weighted by atomic mass is 10.3. The van der Waals surface area contributed by atoms with Crippen LogP contribution in [0.15, 0.2) is 29.3 Å². The van der Waals surface area contributed by atoms with Crippen LogP contribution in [0, 0.1) is 0 Å². The lowest BCUT2D eigenvalue weighted by Crippen LogP contribution is -2.44. The van der Waals surface area contributed by atoms with Crippen LogP contribution >= 0.6 is 0 Å². The van der Waals surface area contributed by atoms with Crippen molar-refractivity contribution in [1.82, 2.24) is 25.5 Å². The number of nitrogens with zero attached hydrogens (tertiary/aromatic N) is 3. The number of H-pyrrole nitrogens is 1. The number of hydrogen-bond donors (Lipinski definition) is 3. The molecule has 7 heteroatoms. The molecule has 1 aliphatic heterocycles. The van der Waals surface area contributed by atoms with Crippen LogP contribution < -0.4 is 10.6 Å². The normalized spacial score (nSPS) is 16.5. The zero-order valence-electron chi connectivity index (χ0n) is 14.2. The summed E-state index contributed by atoms with van der Waals surface area (Å²) >= 11 is 0. The monoisotopic (exact) mass is 330 g/mol. The van der Waals surface area contributed by atoms with Gasteiger partial charge in [-0.1, -0.05) is 12.1 Å². The van der Waals surface area contributed by atoms with Crippen LogP contribution in [-0.4, -0.2) is 73.8 Å². The molecule has 7 nitrogen and oxygen atoms in total. The van der Waals surface area contributed by atoms with E-state index < -0.39 is 0 Å². The van der Waals surface area contributed by atoms with Crippen molar-refractivity contribution in [2.24, 2.45) is 4.99 Å². The first-order valence-corrected chi connectivity index (χ1v) is 8.53. The highest BCUT2D eigenvalue weighted by molar-refractivity contribution is 5.79. The molecule has 3 N–H and O–H groups in total. The van der Waals surface area contributed by atoms with Crippen molar-refractivity contribution >= 4 is 17.0 Å². The Morgan fingerprint density at radius 2 is 2.04 bits per heavy atom. The maximum absolute atomic E-state index is 5.36. The molecule has 1 aromatic carbocycles. The minimum absolute atomic E-state index is 0.789. The molecular formula is C17H26N6O. The zero-order valence-corrected chi connectivity index (χ0v) is 14.2. The molecule has 1 saturated heterocycles. The fourth-order valence-corrected chi connectivity index (χ4v) is 2.80. The smallest absolute Gasteiger partial charge is 0.191 e. The van der Waals surface area contributed by atoms with Crippen molar-refractivity contribution in [2.75, 3.05) is 53.0 Å². The zero-order chi connectivity index (χ0) is 16.6. The minimum atomic E-state index is 0.789. The molecule has 1 aromatic heterocycles. The second-order valence-electron chi connectivity index (χ2n) is 5.83. The molecule has 0 spiro atoms. The minimum Gasteiger partial charge on any atom is -0.379 e. The Morgan fingerprint density at radius 3 is 2.83 bits per heavy atom. The molecule has 24 heavy (non-hydrogen) atoms. The Kier molecular flexibility index (Phi) is 6.03. The second kappa shape index (κ2) is 8.65. The number of aromatic nitrogens is 2. The standard InChI is InChI=1S/C17H26N6O/c1-18-17(20-8-9-23-10-12-24-13-11-23)19-7-6-16-21-14-4-2-3-5-15(14)22-16/h2-5H,6-13H2,1H3,(H,21,22)(H2,18,19,20). The molecule has 1 aliphatic rings. The fourth-order valence-electron chi connectivity index (χ4n) is 2.80. The van der Waals surface area contributed by atoms with Crippen molar-refractivity contribution in [3.8, 4) is 0 Å². The number of hydrogen-bond acceptors (Lipinski definition) is 4. The molecular weight excluding hydrogens is 304 g/mol. The highest BCUT2D eigenvalue weighted by Gasteiger charge is 2.09. The third-order valence-electron chi connectivity index (χ3n) is 4.14. The first-order chi connectivity index (χ1) is 11.8. The predicted octanol–water partition coefficient (Wildman–Crippen LogP) is 0.603. The van der Waals surface area contributed by atoms with E-state index in [0.717, 1.165) is 75.2 Å². The Bertz CT molecular complexity index is 629. The quantitative estimate of drug-likeness (QED) is 0.534. The van der Waals surface area contributed by atoms with E-state index >= 15 is 0 Å². The first-order valence-electron chi connectivity index (χ1n) is 8.53. The van der Waals surface area contributed by atoms with Gasteiger partial charge in [-0.15, -0.1) is 0 Å². The van der Waals surface area contributed by atoms with E-state index in [0.29, 0.717) is 0 Å². The van der Waals surface area contributed by atoms with Crippen LogP contribution in [0.4, 0.5) is 0 Å². The number of fused-ring (bicyclic) bond motifs is 1. The summed E-state index contributed by atoms with van der Waals surface area (Å²) in [7, 11) is 1.80. The van der Waals surface area contributed by atoms with Gasteiger partial charge in [-0.3, -0.25) is 9.89 Å². The number of aliphatic imine (C=N–C) groups is 1. The summed E-state index contributed by atoms with van der Waals surface area (Å²) < 4.78 is 5.36. The van der Waals surface area contributed by atoms with Crippen molar-refractivity contribution in [3.05, 3.63) is 30.1 Å². The number of benzene rings is 1. The number of ether oxygens (including phenoxy) is 1. The number of guanidine groups is 1. The molecule has 2 heterocycles. The summed E-state index contributed by atoms with van der Waals surface area (Å²) in [5.41, 5.74) is 2.10. The predicted molar refractivity (Wildman–Crippen MR) is 96.4 cm³/mol. The molecule has 0 bridgehead atoms. The third-order valence-corrected chi connectivity index (χ3v) is 4.14. The van der Waals surface area contributed by atoms with Crippen molar-refractivity contribution in [1.29, 1.82) is 0 Å². The molecule has 0 atom stereocenters. The average molecular weight is 330 g/mol. The molecule has 3 rings (SSSR count). The van der Waals surface area contributed by atoms with Gasteiger partial charge < -0.3 is 20.4 Å². The number of nitrogens with one attached hydrogen (secondary N) is 3. The third kappa shape index (κ3) is 4.69. The van der Waals surface area contributed by atoms with E-state index in [1.165, 1.54) is 0 Å². The van der Waals surface area contributed by atoms with Gasteiger partial charge in [-0.05, 0) is 12.1 Å². The molecule has 130 valence electrons. The Labute approximate surface area is 142 Å². The molecule has 0 unspecified atom stereocenters. The summed E-state index contributed by atoms with van der Waals surface area (Å²) in [6.45, 7) is 6.38. The Balaban J connectivity index is 1.37. The van der Waals surface area contributed by atoms with Crippen LogP contribution in [0.3, 0.4) is 0 Å². The van der Waals surface area contributed by atoms with E-state index in [-0.39, 0.29) is 0 Å². The topological polar surface area (TPSA) is 77.6 Å². The van der Waals surface area contributed by atoms with Crippen molar-refractivity contribution < 1.29 is 4.74 Å². The van der Waals surface area contributed by atoms with Gasteiger partial charge in [0.1, 0.15) is 5.82 Å². The van der Waals surface area contributed by atoms with E-state index in [9.17, 15) is 0 Å². The maximum atomic E-state index is 5.36. The van der Waals surface area contributed by atoms with Crippen LogP contribution in [0.25, 0.3) is 11.0 Å². The largest absolute Gasteiger partial charge is 0.379 e. The van der Waals surface area contributed by atoms with Gasteiger partial charge in [-0.25, -0.2) is 4.98 Å². The number of para-hydroxylation sites is 2. The van der Waals surface area contributed by atoms with E-state index in [2.05, 4.69) is 30.5 Å². The second-order valence-corrected chi connectivity index (χ2v) is 5.83. The van der Waals surface area contributed by atoms with Gasteiger partial charge in [0.15, 0.2) is 5.96 Å². The van der Waals surface area contributed by atoms with Gasteiger partial charge in [0.2, 0.25) is 0 Å². The fraction of sp³-hybridized carbons (Fsp3) is 0.529. The number of aromatic amines is 1. The average Bonchev–Trinajstić information content (AvgIpc) is 3.04. The lowest BCUT2D eigenvalue weighted by molar-refractivity contribution is 0.0389. The maximum Gasteiger partial charge on any atom is 0.191 e. The highest BCUT2D eigenvalue weighted by atomic mass is 16.5. The first kappa shape index (κ1) is 16.7. The van der Waals surface area contributed by atoms with Gasteiger partial charge in [0, 0.05) is 46.2 Å². The van der Waals surface area contributed by atoms with Gasteiger partial charge in [0.25, 0.3) is 0 Å². The Hall–Kier alpha value is -2.12. The van der Waals surface area contributed by atoms with Gasteiger partial charge >= 0.3 is 0 Å². The summed E-state index contributed by atoms with van der Waals surface area (Å²) in [5.74, 6) is 1.83. The van der Waals surface area contributed by atoms with Crippen molar-refractivity contribution in [2.45, 2.75) is 6.42 Å². The van der Waals surface area contributed by atoms with Crippen LogP contribution in [0.2, 0.25) is 0 Å². The van der Waals surface area contributed by atoms with Gasteiger partial charge in [0.05, 0.1) is 24.2 Å². The molecule has 0 amide bonds. The van der Waals surface area contributed by atoms with E-state index in [1.54, 1.807) is 7.05 Å². The summed E-state index contributed by atoms with van der Waals surface area (Å²) in [4.78, 5) is 14.6. The molecule has 0 saturated carbocycles. The summed E-state index contributed by atoms with van der Waals surface area (Å²) in [6, 6.07) is 8.09. The Morgan fingerprint density at radius 1 is 1.25 bits per heavy atom. The van der Waals surface area contributed by atoms with E-state index in [4.69, 9.17) is 4.74 Å².